The molecule has 1 aliphatic rings. The molecule has 0 fully saturated rings. The third kappa shape index (κ3) is 7.61. The number of halogens is 3. The molecule has 0 saturated carbocycles. The van der Waals surface area contributed by atoms with E-state index in [0.29, 0.717) is 17.9 Å². The molecule has 1 amide bonds. The fourth-order valence-electron chi connectivity index (χ4n) is 5.49. The maximum Gasteiger partial charge on any atom is 0.234 e. The molecule has 0 aromatic heterocycles. The lowest BCUT2D eigenvalue weighted by Crippen LogP contribution is -2.53. The van der Waals surface area contributed by atoms with Crippen LogP contribution in [0.2, 0.25) is 5.02 Å². The summed E-state index contributed by atoms with van der Waals surface area (Å²) in [5, 5.41) is 25.8. The van der Waals surface area contributed by atoms with E-state index in [0.717, 1.165) is 17.2 Å². The summed E-state index contributed by atoms with van der Waals surface area (Å²) >= 11 is 6.74. The number of allylic oxidation sites excluding steroid dienone is 3. The highest BCUT2D eigenvalue weighted by atomic mass is 35.5. The van der Waals surface area contributed by atoms with Crippen molar-refractivity contribution in [3.63, 3.8) is 0 Å². The van der Waals surface area contributed by atoms with Crippen molar-refractivity contribution in [3.8, 4) is 11.5 Å². The fraction of sp³-hybridized carbons (Fsp3) is 0.361. The molecule has 0 bridgehead atoms. The lowest BCUT2D eigenvalue weighted by molar-refractivity contribution is -0.134. The third-order valence-corrected chi connectivity index (χ3v) is 8.85. The second kappa shape index (κ2) is 14.8. The fourth-order valence-corrected chi connectivity index (χ4v) is 5.73. The molecule has 0 spiro atoms. The van der Waals surface area contributed by atoms with Crippen LogP contribution >= 0.6 is 11.6 Å². The normalized spacial score (nSPS) is 17.4. The number of rotatable bonds is 14. The summed E-state index contributed by atoms with van der Waals surface area (Å²) in [6.45, 7) is 7.20. The van der Waals surface area contributed by atoms with E-state index in [4.69, 9.17) is 21.1 Å². The van der Waals surface area contributed by atoms with Gasteiger partial charge in [-0.2, -0.15) is 0 Å². The Kier molecular flexibility index (Phi) is 11.3. The SMILES string of the molecule is CCNC(=O)C1(COc2cc(OCc3cc(F)cc(F)c3)c(CNC(C)(CO)CO)cc2Cl)C=CC=C(c2ccccc2)C1(C)C. The van der Waals surface area contributed by atoms with Crippen molar-refractivity contribution in [1.29, 1.82) is 0 Å². The summed E-state index contributed by atoms with van der Waals surface area (Å²) in [5.41, 5.74) is -0.0496. The first-order valence-electron chi connectivity index (χ1n) is 15.1. The van der Waals surface area contributed by atoms with Crippen LogP contribution in [0.25, 0.3) is 5.57 Å². The first-order chi connectivity index (χ1) is 21.9. The number of aliphatic hydroxyl groups is 2. The molecule has 1 unspecified atom stereocenters. The largest absolute Gasteiger partial charge is 0.490 e. The molecule has 0 aliphatic heterocycles. The highest BCUT2D eigenvalue weighted by molar-refractivity contribution is 6.32. The topological polar surface area (TPSA) is 100 Å². The minimum Gasteiger partial charge on any atom is -0.490 e. The van der Waals surface area contributed by atoms with Crippen molar-refractivity contribution >= 4 is 23.1 Å². The van der Waals surface area contributed by atoms with E-state index in [1.807, 2.05) is 69.3 Å². The number of nitrogens with one attached hydrogen (secondary N) is 2. The molecule has 4 rings (SSSR count). The van der Waals surface area contributed by atoms with Crippen LogP contribution < -0.4 is 20.1 Å². The average Bonchev–Trinajstić information content (AvgIpc) is 3.03. The summed E-state index contributed by atoms with van der Waals surface area (Å²) in [6.07, 6.45) is 5.74. The minimum atomic E-state index is -1.13. The van der Waals surface area contributed by atoms with Crippen LogP contribution in [0.4, 0.5) is 8.78 Å². The van der Waals surface area contributed by atoms with Gasteiger partial charge in [-0.15, -0.1) is 0 Å². The summed E-state index contributed by atoms with van der Waals surface area (Å²) < 4.78 is 40.2. The number of amides is 1. The van der Waals surface area contributed by atoms with Crippen molar-refractivity contribution in [2.45, 2.75) is 46.4 Å². The van der Waals surface area contributed by atoms with Crippen LogP contribution in [0.5, 0.6) is 11.5 Å². The van der Waals surface area contributed by atoms with Gasteiger partial charge in [-0.1, -0.05) is 74.0 Å². The van der Waals surface area contributed by atoms with Crippen LogP contribution in [0.3, 0.4) is 0 Å². The zero-order valence-electron chi connectivity index (χ0n) is 26.5. The van der Waals surface area contributed by atoms with Gasteiger partial charge in [0.25, 0.3) is 0 Å². The molecule has 0 saturated heterocycles. The molecule has 1 aliphatic carbocycles. The molecular weight excluding hydrogens is 614 g/mol. The maximum atomic E-state index is 13.9. The van der Waals surface area contributed by atoms with E-state index in [9.17, 15) is 23.8 Å². The molecule has 0 heterocycles. The number of hydrogen-bond acceptors (Lipinski definition) is 6. The second-order valence-electron chi connectivity index (χ2n) is 12.2. The molecule has 1 atom stereocenters. The molecule has 7 nitrogen and oxygen atoms in total. The first-order valence-corrected chi connectivity index (χ1v) is 15.5. The summed E-state index contributed by atoms with van der Waals surface area (Å²) in [5.74, 6) is -1.13. The standard InChI is InChI=1S/C36H41ClF2N2O5/c1-5-40-33(44)36(13-9-12-29(34(36,2)3)25-10-7-6-8-11-25)23-46-32-18-31(45-20-24-14-27(38)17-28(39)15-24)26(16-30(32)37)19-41-35(4,21-42)22-43/h6-18,41-43H,5,19-23H2,1-4H3,(H,40,44). The maximum absolute atomic E-state index is 13.9. The second-order valence-corrected chi connectivity index (χ2v) is 12.6. The number of carbonyl (C=O) groups excluding carboxylic acids is 1. The zero-order chi connectivity index (χ0) is 33.5. The van der Waals surface area contributed by atoms with E-state index in [1.54, 1.807) is 19.1 Å². The van der Waals surface area contributed by atoms with Gasteiger partial charge in [0, 0.05) is 36.2 Å². The zero-order valence-corrected chi connectivity index (χ0v) is 27.3. The van der Waals surface area contributed by atoms with Crippen molar-refractivity contribution in [3.05, 3.63) is 112 Å². The van der Waals surface area contributed by atoms with Crippen LogP contribution in [0.15, 0.2) is 78.9 Å². The quantitative estimate of drug-likeness (QED) is 0.165. The Morgan fingerprint density at radius 3 is 2.28 bits per heavy atom. The summed E-state index contributed by atoms with van der Waals surface area (Å²) in [7, 11) is 0. The first kappa shape index (κ1) is 35.1. The average molecular weight is 655 g/mol. The van der Waals surface area contributed by atoms with Gasteiger partial charge in [-0.3, -0.25) is 4.79 Å². The summed E-state index contributed by atoms with van der Waals surface area (Å²) in [6, 6.07) is 16.2. The molecule has 46 heavy (non-hydrogen) atoms. The number of hydrogen-bond donors (Lipinski definition) is 4. The predicted molar refractivity (Wildman–Crippen MR) is 176 cm³/mol. The van der Waals surface area contributed by atoms with Gasteiger partial charge in [0.05, 0.1) is 23.8 Å². The summed E-state index contributed by atoms with van der Waals surface area (Å²) in [4.78, 5) is 13.9. The predicted octanol–water partition coefficient (Wildman–Crippen LogP) is 6.21. The van der Waals surface area contributed by atoms with Crippen molar-refractivity contribution in [2.24, 2.45) is 10.8 Å². The molecule has 246 valence electrons. The Morgan fingerprint density at radius 1 is 0.978 bits per heavy atom. The van der Waals surface area contributed by atoms with Gasteiger partial charge in [-0.05, 0) is 48.7 Å². The van der Waals surface area contributed by atoms with E-state index in [-0.39, 0.29) is 55.2 Å². The Balaban J connectivity index is 1.69. The molecule has 3 aromatic carbocycles. The highest BCUT2D eigenvalue weighted by Crippen LogP contribution is 2.52. The molecule has 4 N–H and O–H groups in total. The Hall–Kier alpha value is -3.76. The van der Waals surface area contributed by atoms with Crippen molar-refractivity contribution < 1.29 is 33.3 Å². The molecule has 0 radical (unpaired) electrons. The van der Waals surface area contributed by atoms with Gasteiger partial charge in [0.1, 0.15) is 41.8 Å². The molecular formula is C36H41ClF2N2O5. The number of carbonyl (C=O) groups is 1. The van der Waals surface area contributed by atoms with E-state index in [2.05, 4.69) is 10.6 Å². The van der Waals surface area contributed by atoms with Crippen molar-refractivity contribution in [2.75, 3.05) is 26.4 Å². The Bertz CT molecular complexity index is 1570. The number of ether oxygens (including phenoxy) is 2. The van der Waals surface area contributed by atoms with Crippen LogP contribution in [0.1, 0.15) is 44.4 Å². The van der Waals surface area contributed by atoms with Gasteiger partial charge in [0.2, 0.25) is 5.91 Å². The van der Waals surface area contributed by atoms with E-state index in [1.165, 1.54) is 12.1 Å². The van der Waals surface area contributed by atoms with E-state index >= 15 is 0 Å². The van der Waals surface area contributed by atoms with Crippen LogP contribution in [-0.2, 0) is 17.9 Å². The third-order valence-electron chi connectivity index (χ3n) is 8.55. The highest BCUT2D eigenvalue weighted by Gasteiger charge is 2.53. The smallest absolute Gasteiger partial charge is 0.234 e. The lowest BCUT2D eigenvalue weighted by atomic mass is 9.58. The number of aliphatic hydroxyl groups excluding tert-OH is 2. The van der Waals surface area contributed by atoms with Gasteiger partial charge < -0.3 is 30.3 Å². The lowest BCUT2D eigenvalue weighted by Gasteiger charge is -2.46. The number of benzene rings is 3. The van der Waals surface area contributed by atoms with Crippen LogP contribution in [0, 0.1) is 22.5 Å². The Morgan fingerprint density at radius 2 is 1.65 bits per heavy atom. The van der Waals surface area contributed by atoms with Gasteiger partial charge in [-0.25, -0.2) is 8.78 Å². The minimum absolute atomic E-state index is 0.0640. The monoisotopic (exact) mass is 654 g/mol. The van der Waals surface area contributed by atoms with Gasteiger partial charge >= 0.3 is 0 Å². The van der Waals surface area contributed by atoms with Crippen molar-refractivity contribution in [1.82, 2.24) is 10.6 Å². The van der Waals surface area contributed by atoms with Gasteiger partial charge in [0.15, 0.2) is 0 Å². The van der Waals surface area contributed by atoms with Crippen LogP contribution in [-0.4, -0.2) is 48.0 Å². The van der Waals surface area contributed by atoms with E-state index < -0.39 is 28.0 Å². The Labute approximate surface area is 273 Å². The molecule has 10 heteroatoms. The molecule has 3 aromatic rings.